The first-order chi connectivity index (χ1) is 6.23. The summed E-state index contributed by atoms with van der Waals surface area (Å²) in [7, 11) is 0. The van der Waals surface area contributed by atoms with Crippen molar-refractivity contribution in [1.29, 1.82) is 0 Å². The Bertz CT molecular complexity index is 242. The molecule has 2 rings (SSSR count). The summed E-state index contributed by atoms with van der Waals surface area (Å²) >= 11 is 0. The first-order valence-electron chi connectivity index (χ1n) is 5.43. The molecule has 0 amide bonds. The van der Waals surface area contributed by atoms with Crippen molar-refractivity contribution in [3.8, 4) is 0 Å². The number of carbonyl (C=O) groups excluding carboxylic acids is 1. The van der Waals surface area contributed by atoms with Crippen LogP contribution in [0, 0.1) is 11.3 Å². The minimum Gasteiger partial charge on any atom is -0.299 e. The molecule has 1 nitrogen and oxygen atoms in total. The fourth-order valence-electron chi connectivity index (χ4n) is 2.74. The van der Waals surface area contributed by atoms with E-state index in [0.29, 0.717) is 11.7 Å². The Morgan fingerprint density at radius 3 is 3.15 bits per heavy atom. The summed E-state index contributed by atoms with van der Waals surface area (Å²) < 4.78 is 0. The summed E-state index contributed by atoms with van der Waals surface area (Å²) in [4.78, 5) is 11.9. The fraction of sp³-hybridized carbons (Fsp3) is 0.750. The Balaban J connectivity index is 2.28. The van der Waals surface area contributed by atoms with Crippen LogP contribution >= 0.6 is 0 Å². The van der Waals surface area contributed by atoms with E-state index < -0.39 is 0 Å². The first kappa shape index (κ1) is 8.98. The van der Waals surface area contributed by atoms with E-state index in [1.54, 1.807) is 0 Å². The van der Waals surface area contributed by atoms with Gasteiger partial charge in [0.1, 0.15) is 5.78 Å². The predicted octanol–water partition coefficient (Wildman–Crippen LogP) is 3.10. The highest BCUT2D eigenvalue weighted by Gasteiger charge is 2.40. The monoisotopic (exact) mass is 178 g/mol. The molecule has 2 aliphatic rings. The van der Waals surface area contributed by atoms with Gasteiger partial charge in [-0.05, 0) is 31.6 Å². The molecule has 2 unspecified atom stereocenters. The van der Waals surface area contributed by atoms with Crippen molar-refractivity contribution >= 4 is 5.78 Å². The van der Waals surface area contributed by atoms with Crippen molar-refractivity contribution in [3.05, 3.63) is 12.2 Å². The Hall–Kier alpha value is -0.590. The maximum Gasteiger partial charge on any atom is 0.139 e. The average Bonchev–Trinajstić information content (AvgIpc) is 2.27. The maximum atomic E-state index is 11.9. The standard InChI is InChI=1S/C12H18O/c1-12-9-5-4-7-10(12)6-2-3-8-11(12)13/h4,7,10H,2-3,5-6,8-9H2,1H3. The van der Waals surface area contributed by atoms with Gasteiger partial charge in [0.2, 0.25) is 0 Å². The van der Waals surface area contributed by atoms with Gasteiger partial charge in [-0.3, -0.25) is 4.79 Å². The van der Waals surface area contributed by atoms with Gasteiger partial charge in [0.25, 0.3) is 0 Å². The molecule has 0 radical (unpaired) electrons. The third-order valence-corrected chi connectivity index (χ3v) is 3.82. The first-order valence-corrected chi connectivity index (χ1v) is 5.43. The highest BCUT2D eigenvalue weighted by molar-refractivity contribution is 5.85. The molecule has 0 aliphatic heterocycles. The molecular weight excluding hydrogens is 160 g/mol. The number of allylic oxidation sites excluding steroid dienone is 2. The molecule has 0 bridgehead atoms. The van der Waals surface area contributed by atoms with Gasteiger partial charge >= 0.3 is 0 Å². The number of carbonyl (C=O) groups is 1. The fourth-order valence-corrected chi connectivity index (χ4v) is 2.74. The van der Waals surface area contributed by atoms with Crippen LogP contribution in [0.3, 0.4) is 0 Å². The molecule has 13 heavy (non-hydrogen) atoms. The van der Waals surface area contributed by atoms with Crippen LogP contribution in [0.1, 0.15) is 45.4 Å². The van der Waals surface area contributed by atoms with E-state index in [-0.39, 0.29) is 5.41 Å². The third-order valence-electron chi connectivity index (χ3n) is 3.82. The number of rotatable bonds is 0. The number of hydrogen-bond acceptors (Lipinski definition) is 1. The number of Topliss-reactive ketones (excluding diaryl/α,β-unsaturated/α-hetero) is 1. The molecule has 0 heterocycles. The van der Waals surface area contributed by atoms with E-state index in [9.17, 15) is 4.79 Å². The maximum absolute atomic E-state index is 11.9. The van der Waals surface area contributed by atoms with Crippen LogP contribution in [0.25, 0.3) is 0 Å². The summed E-state index contributed by atoms with van der Waals surface area (Å²) in [5, 5.41) is 0. The van der Waals surface area contributed by atoms with Gasteiger partial charge in [0.05, 0.1) is 0 Å². The van der Waals surface area contributed by atoms with Crippen LogP contribution in [0.5, 0.6) is 0 Å². The molecule has 0 N–H and O–H groups in total. The smallest absolute Gasteiger partial charge is 0.139 e. The van der Waals surface area contributed by atoms with E-state index in [0.717, 1.165) is 25.7 Å². The average molecular weight is 178 g/mol. The highest BCUT2D eigenvalue weighted by atomic mass is 16.1. The lowest BCUT2D eigenvalue weighted by Gasteiger charge is -2.35. The van der Waals surface area contributed by atoms with Crippen LogP contribution in [0.4, 0.5) is 0 Å². The summed E-state index contributed by atoms with van der Waals surface area (Å²) in [6.45, 7) is 2.18. The van der Waals surface area contributed by atoms with Crippen molar-refractivity contribution in [2.45, 2.75) is 45.4 Å². The Morgan fingerprint density at radius 1 is 1.46 bits per heavy atom. The largest absolute Gasteiger partial charge is 0.299 e. The van der Waals surface area contributed by atoms with Gasteiger partial charge < -0.3 is 0 Å². The van der Waals surface area contributed by atoms with Gasteiger partial charge in [-0.15, -0.1) is 0 Å². The van der Waals surface area contributed by atoms with Crippen LogP contribution < -0.4 is 0 Å². The Morgan fingerprint density at radius 2 is 2.31 bits per heavy atom. The second-order valence-corrected chi connectivity index (χ2v) is 4.66. The van der Waals surface area contributed by atoms with Gasteiger partial charge in [-0.25, -0.2) is 0 Å². The highest BCUT2D eigenvalue weighted by Crippen LogP contribution is 2.43. The van der Waals surface area contributed by atoms with Crippen LogP contribution in [0.2, 0.25) is 0 Å². The minimum absolute atomic E-state index is 0.00868. The lowest BCUT2D eigenvalue weighted by atomic mass is 9.67. The zero-order valence-electron chi connectivity index (χ0n) is 8.38. The Kier molecular flexibility index (Phi) is 2.27. The predicted molar refractivity (Wildman–Crippen MR) is 53.4 cm³/mol. The SMILES string of the molecule is CC12CCC=CC1CCCCC2=O. The van der Waals surface area contributed by atoms with Crippen LogP contribution in [-0.4, -0.2) is 5.78 Å². The second-order valence-electron chi connectivity index (χ2n) is 4.66. The molecule has 0 aromatic carbocycles. The summed E-state index contributed by atoms with van der Waals surface area (Å²) in [6, 6.07) is 0. The molecule has 2 atom stereocenters. The molecule has 0 aromatic heterocycles. The molecular formula is C12H18O. The van der Waals surface area contributed by atoms with Crippen LogP contribution in [0.15, 0.2) is 12.2 Å². The minimum atomic E-state index is -0.00868. The van der Waals surface area contributed by atoms with Gasteiger partial charge in [-0.1, -0.05) is 25.5 Å². The van der Waals surface area contributed by atoms with Gasteiger partial charge in [-0.2, -0.15) is 0 Å². The van der Waals surface area contributed by atoms with Crippen molar-refractivity contribution in [3.63, 3.8) is 0 Å². The molecule has 1 fully saturated rings. The molecule has 1 saturated carbocycles. The second kappa shape index (κ2) is 3.28. The van der Waals surface area contributed by atoms with E-state index in [1.165, 1.54) is 12.8 Å². The molecule has 0 saturated heterocycles. The topological polar surface area (TPSA) is 17.1 Å². The van der Waals surface area contributed by atoms with E-state index in [4.69, 9.17) is 0 Å². The van der Waals surface area contributed by atoms with E-state index >= 15 is 0 Å². The quantitative estimate of drug-likeness (QED) is 0.521. The van der Waals surface area contributed by atoms with Crippen molar-refractivity contribution in [1.82, 2.24) is 0 Å². The van der Waals surface area contributed by atoms with Gasteiger partial charge in [0, 0.05) is 11.8 Å². The third kappa shape index (κ3) is 1.45. The summed E-state index contributed by atoms with van der Waals surface area (Å²) in [5.74, 6) is 1.05. The normalized spacial score (nSPS) is 39.8. The molecule has 0 spiro atoms. The zero-order chi connectivity index (χ0) is 9.31. The number of fused-ring (bicyclic) bond motifs is 1. The zero-order valence-corrected chi connectivity index (χ0v) is 8.38. The molecule has 0 aromatic rings. The van der Waals surface area contributed by atoms with Crippen molar-refractivity contribution in [2.24, 2.45) is 11.3 Å². The summed E-state index contributed by atoms with van der Waals surface area (Å²) in [5.41, 5.74) is -0.00868. The van der Waals surface area contributed by atoms with E-state index in [1.807, 2.05) is 0 Å². The van der Waals surface area contributed by atoms with Gasteiger partial charge in [0.15, 0.2) is 0 Å². The lowest BCUT2D eigenvalue weighted by Crippen LogP contribution is -2.35. The lowest BCUT2D eigenvalue weighted by molar-refractivity contribution is -0.130. The number of ketones is 1. The molecule has 72 valence electrons. The van der Waals surface area contributed by atoms with E-state index in [2.05, 4.69) is 19.1 Å². The number of hydrogen-bond donors (Lipinski definition) is 0. The van der Waals surface area contributed by atoms with Crippen molar-refractivity contribution < 1.29 is 4.79 Å². The molecule has 1 heteroatoms. The van der Waals surface area contributed by atoms with Crippen molar-refractivity contribution in [2.75, 3.05) is 0 Å². The van der Waals surface area contributed by atoms with Crippen LogP contribution in [-0.2, 0) is 4.79 Å². The Labute approximate surface area is 80.2 Å². The molecule has 2 aliphatic carbocycles. The summed E-state index contributed by atoms with van der Waals surface area (Å²) in [6.07, 6.45) is 11.1.